The van der Waals surface area contributed by atoms with Gasteiger partial charge in [0.25, 0.3) is 0 Å². The van der Waals surface area contributed by atoms with Crippen LogP contribution in [0.15, 0.2) is 35.4 Å². The van der Waals surface area contributed by atoms with Crippen LogP contribution < -0.4 is 0 Å². The number of rotatable bonds is 1. The first kappa shape index (κ1) is 17.7. The molecule has 4 aliphatic rings. The number of allylic oxidation sites excluding steroid dienone is 4. The highest BCUT2D eigenvalue weighted by Gasteiger charge is 2.60. The van der Waals surface area contributed by atoms with E-state index in [-0.39, 0.29) is 11.7 Å². The Kier molecular flexibility index (Phi) is 3.84. The van der Waals surface area contributed by atoms with E-state index in [9.17, 15) is 14.0 Å². The van der Waals surface area contributed by atoms with Crippen LogP contribution in [0, 0.1) is 28.6 Å². The van der Waals surface area contributed by atoms with Crippen molar-refractivity contribution in [1.82, 2.24) is 0 Å². The summed E-state index contributed by atoms with van der Waals surface area (Å²) >= 11 is 0. The lowest BCUT2D eigenvalue weighted by atomic mass is 9.47. The third-order valence-electron chi connectivity index (χ3n) is 7.79. The zero-order valence-electron chi connectivity index (χ0n) is 15.9. The molecule has 0 N–H and O–H groups in total. The molecule has 0 aromatic rings. The second kappa shape index (κ2) is 5.64. The SMILES string of the molecule is C=C1C[C@H]2[C@@H]3CCC[C@@]3(C)CC[C@@H]2[C@]2(C)C1=CC(=O)C(F)=C2OC(C)=O. The maximum absolute atomic E-state index is 14.8. The topological polar surface area (TPSA) is 43.4 Å². The molecule has 0 aromatic carbocycles. The molecule has 4 heteroatoms. The average Bonchev–Trinajstić information content (AvgIpc) is 2.96. The molecule has 0 aromatic heterocycles. The first-order chi connectivity index (χ1) is 12.2. The van der Waals surface area contributed by atoms with Crippen LogP contribution >= 0.6 is 0 Å². The molecule has 0 amide bonds. The molecule has 0 radical (unpaired) electrons. The summed E-state index contributed by atoms with van der Waals surface area (Å²) in [4.78, 5) is 23.9. The van der Waals surface area contributed by atoms with Crippen LogP contribution in [0.3, 0.4) is 0 Å². The number of fused-ring (bicyclic) bond motifs is 5. The van der Waals surface area contributed by atoms with Gasteiger partial charge in [0.05, 0.1) is 5.41 Å². The van der Waals surface area contributed by atoms with Gasteiger partial charge in [0.2, 0.25) is 11.6 Å². The van der Waals surface area contributed by atoms with Gasteiger partial charge in [-0.25, -0.2) is 0 Å². The van der Waals surface area contributed by atoms with E-state index >= 15 is 0 Å². The van der Waals surface area contributed by atoms with Gasteiger partial charge in [-0.1, -0.05) is 25.5 Å². The lowest BCUT2D eigenvalue weighted by Crippen LogP contribution is -2.51. The average molecular weight is 358 g/mol. The Morgan fingerprint density at radius 3 is 2.69 bits per heavy atom. The van der Waals surface area contributed by atoms with Gasteiger partial charge < -0.3 is 4.74 Å². The third kappa shape index (κ3) is 2.23. The van der Waals surface area contributed by atoms with Crippen LogP contribution in [0.2, 0.25) is 0 Å². The number of hydrogen-bond donors (Lipinski definition) is 0. The molecule has 0 saturated heterocycles. The number of carbonyl (C=O) groups is 2. The smallest absolute Gasteiger partial charge is 0.307 e. The first-order valence-electron chi connectivity index (χ1n) is 9.72. The lowest BCUT2D eigenvalue weighted by Gasteiger charge is -2.57. The van der Waals surface area contributed by atoms with Gasteiger partial charge in [-0.15, -0.1) is 0 Å². The van der Waals surface area contributed by atoms with Crippen LogP contribution in [0.5, 0.6) is 0 Å². The van der Waals surface area contributed by atoms with E-state index < -0.39 is 23.0 Å². The molecule has 3 nitrogen and oxygen atoms in total. The molecule has 3 saturated carbocycles. The summed E-state index contributed by atoms with van der Waals surface area (Å²) in [7, 11) is 0. The zero-order valence-corrected chi connectivity index (χ0v) is 15.9. The zero-order chi connectivity index (χ0) is 18.9. The highest BCUT2D eigenvalue weighted by atomic mass is 19.1. The van der Waals surface area contributed by atoms with Gasteiger partial charge in [0.15, 0.2) is 5.76 Å². The van der Waals surface area contributed by atoms with Crippen molar-refractivity contribution in [2.75, 3.05) is 0 Å². The van der Waals surface area contributed by atoms with Gasteiger partial charge in [-0.2, -0.15) is 4.39 Å². The Morgan fingerprint density at radius 2 is 2.00 bits per heavy atom. The van der Waals surface area contributed by atoms with Gasteiger partial charge in [-0.3, -0.25) is 9.59 Å². The number of ketones is 1. The van der Waals surface area contributed by atoms with Crippen LogP contribution in [-0.4, -0.2) is 11.8 Å². The van der Waals surface area contributed by atoms with E-state index in [1.165, 1.54) is 32.3 Å². The van der Waals surface area contributed by atoms with E-state index in [1.807, 2.05) is 6.92 Å². The fourth-order valence-corrected chi connectivity index (χ4v) is 6.62. The second-order valence-electron chi connectivity index (χ2n) is 9.13. The van der Waals surface area contributed by atoms with Crippen LogP contribution in [0.25, 0.3) is 0 Å². The number of hydrogen-bond acceptors (Lipinski definition) is 3. The van der Waals surface area contributed by atoms with Crippen molar-refractivity contribution in [2.24, 2.45) is 28.6 Å². The molecule has 5 atom stereocenters. The summed E-state index contributed by atoms with van der Waals surface area (Å²) in [6.45, 7) is 9.84. The quantitative estimate of drug-likeness (QED) is 0.617. The van der Waals surface area contributed by atoms with E-state index in [0.29, 0.717) is 17.3 Å². The fourth-order valence-electron chi connectivity index (χ4n) is 6.62. The summed E-state index contributed by atoms with van der Waals surface area (Å²) in [5.74, 6) is -1.13. The first-order valence-corrected chi connectivity index (χ1v) is 9.72. The van der Waals surface area contributed by atoms with Crippen molar-refractivity contribution in [3.05, 3.63) is 35.4 Å². The molecule has 26 heavy (non-hydrogen) atoms. The molecule has 4 aliphatic carbocycles. The fraction of sp³-hybridized carbons (Fsp3) is 0.636. The Bertz CT molecular complexity index is 776. The van der Waals surface area contributed by atoms with E-state index in [4.69, 9.17) is 4.74 Å². The molecular weight excluding hydrogens is 331 g/mol. The predicted octanol–water partition coefficient (Wildman–Crippen LogP) is 5.04. The molecule has 0 spiro atoms. The molecule has 0 aliphatic heterocycles. The molecule has 0 unspecified atom stereocenters. The molecular formula is C22H27FO3. The minimum atomic E-state index is -0.917. The van der Waals surface area contributed by atoms with Gasteiger partial charge >= 0.3 is 5.97 Å². The minimum Gasteiger partial charge on any atom is -0.427 e. The van der Waals surface area contributed by atoms with Crippen molar-refractivity contribution in [2.45, 2.75) is 59.3 Å². The highest BCUT2D eigenvalue weighted by molar-refractivity contribution is 6.05. The third-order valence-corrected chi connectivity index (χ3v) is 7.79. The van der Waals surface area contributed by atoms with Crippen LogP contribution in [0.4, 0.5) is 4.39 Å². The summed E-state index contributed by atoms with van der Waals surface area (Å²) in [5.41, 5.74) is 1.24. The van der Waals surface area contributed by atoms with Gasteiger partial charge in [0, 0.05) is 6.92 Å². The number of carbonyl (C=O) groups excluding carboxylic acids is 2. The van der Waals surface area contributed by atoms with E-state index in [2.05, 4.69) is 13.5 Å². The Balaban J connectivity index is 1.84. The molecule has 140 valence electrons. The van der Waals surface area contributed by atoms with Crippen LogP contribution in [0.1, 0.15) is 59.3 Å². The monoisotopic (exact) mass is 358 g/mol. The Hall–Kier alpha value is -1.71. The van der Waals surface area contributed by atoms with Crippen LogP contribution in [-0.2, 0) is 14.3 Å². The maximum atomic E-state index is 14.8. The van der Waals surface area contributed by atoms with Gasteiger partial charge in [0.1, 0.15) is 0 Å². The van der Waals surface area contributed by atoms with Crippen molar-refractivity contribution in [3.8, 4) is 0 Å². The van der Waals surface area contributed by atoms with Crippen molar-refractivity contribution in [1.29, 1.82) is 0 Å². The van der Waals surface area contributed by atoms with E-state index in [0.717, 1.165) is 30.4 Å². The minimum absolute atomic E-state index is 0.0787. The number of ether oxygens (including phenoxy) is 1. The normalized spacial score (nSPS) is 42.0. The van der Waals surface area contributed by atoms with Crippen molar-refractivity contribution >= 4 is 11.8 Å². The lowest BCUT2D eigenvalue weighted by molar-refractivity contribution is -0.140. The standard InChI is InChI=1S/C22H27FO3/c1-12-10-14-15-6-5-8-21(15,3)9-7-16(14)22(4)17(12)11-18(25)19(23)20(22)26-13(2)24/h11,14-16H,1,5-10H2,2-4H3/t14-,15-,16-,21-,22+/m0/s1. The van der Waals surface area contributed by atoms with Crippen molar-refractivity contribution < 1.29 is 18.7 Å². The number of esters is 1. The Morgan fingerprint density at radius 1 is 1.27 bits per heavy atom. The molecule has 4 rings (SSSR count). The molecule has 0 bridgehead atoms. The maximum Gasteiger partial charge on any atom is 0.307 e. The Labute approximate surface area is 154 Å². The molecule has 3 fully saturated rings. The summed E-state index contributed by atoms with van der Waals surface area (Å²) in [6.07, 6.45) is 8.02. The summed E-state index contributed by atoms with van der Waals surface area (Å²) in [5, 5.41) is 0. The second-order valence-corrected chi connectivity index (χ2v) is 9.13. The van der Waals surface area contributed by atoms with E-state index in [1.54, 1.807) is 0 Å². The predicted molar refractivity (Wildman–Crippen MR) is 96.5 cm³/mol. The molecule has 0 heterocycles. The highest BCUT2D eigenvalue weighted by Crippen LogP contribution is 2.67. The van der Waals surface area contributed by atoms with Crippen molar-refractivity contribution in [3.63, 3.8) is 0 Å². The van der Waals surface area contributed by atoms with Gasteiger partial charge in [-0.05, 0) is 73.8 Å². The number of halogens is 1. The summed E-state index contributed by atoms with van der Waals surface area (Å²) < 4.78 is 20.2. The largest absolute Gasteiger partial charge is 0.427 e. The summed E-state index contributed by atoms with van der Waals surface area (Å²) in [6, 6.07) is 0.